The third kappa shape index (κ3) is 4.09. The minimum Gasteiger partial charge on any atom is -0.326 e. The van der Waals surface area contributed by atoms with Crippen LogP contribution in [0.3, 0.4) is 0 Å². The van der Waals surface area contributed by atoms with Crippen LogP contribution in [0.4, 0.5) is 5.69 Å². The Hall–Kier alpha value is -2.12. The molecule has 0 radical (unpaired) electrons. The van der Waals surface area contributed by atoms with Crippen LogP contribution in [0.2, 0.25) is 0 Å². The fraction of sp³-hybridized carbons (Fsp3) is 0.350. The summed E-state index contributed by atoms with van der Waals surface area (Å²) in [5, 5.41) is 4.22. The Bertz CT molecular complexity index is 1030. The van der Waals surface area contributed by atoms with Gasteiger partial charge < -0.3 is 10.3 Å². The summed E-state index contributed by atoms with van der Waals surface area (Å²) in [7, 11) is 0. The van der Waals surface area contributed by atoms with Crippen molar-refractivity contribution in [2.24, 2.45) is 5.92 Å². The number of aromatic nitrogens is 2. The molecule has 0 spiro atoms. The van der Waals surface area contributed by atoms with Gasteiger partial charge in [0.25, 0.3) is 5.56 Å². The van der Waals surface area contributed by atoms with Gasteiger partial charge in [-0.15, -0.1) is 11.3 Å². The highest BCUT2D eigenvalue weighted by Crippen LogP contribution is 2.36. The number of H-pyrrole nitrogens is 1. The first kappa shape index (κ1) is 18.3. The minimum atomic E-state index is -0.0525. The number of thioether (sulfide) groups is 1. The zero-order chi connectivity index (χ0) is 18.8. The molecule has 2 heterocycles. The molecule has 3 aromatic rings. The average molecular weight is 400 g/mol. The van der Waals surface area contributed by atoms with E-state index in [9.17, 15) is 9.59 Å². The number of nitrogens with zero attached hydrogens (tertiary/aromatic N) is 1. The molecule has 1 aliphatic rings. The molecule has 2 aromatic heterocycles. The van der Waals surface area contributed by atoms with Gasteiger partial charge in [-0.3, -0.25) is 9.59 Å². The largest absolute Gasteiger partial charge is 0.326 e. The predicted octanol–water partition coefficient (Wildman–Crippen LogP) is 4.23. The van der Waals surface area contributed by atoms with E-state index in [0.29, 0.717) is 23.2 Å². The molecule has 4 rings (SSSR count). The van der Waals surface area contributed by atoms with Gasteiger partial charge in [0.1, 0.15) is 4.83 Å². The molecule has 0 fully saturated rings. The third-order valence-corrected chi connectivity index (χ3v) is 6.79. The fourth-order valence-corrected chi connectivity index (χ4v) is 5.63. The van der Waals surface area contributed by atoms with Gasteiger partial charge in [0.05, 0.1) is 5.39 Å². The molecule has 2 N–H and O–H groups in total. The van der Waals surface area contributed by atoms with Crippen LogP contribution < -0.4 is 10.9 Å². The summed E-state index contributed by atoms with van der Waals surface area (Å²) in [6, 6.07) is 9.40. The summed E-state index contributed by atoms with van der Waals surface area (Å²) in [6.45, 7) is 2.26. The van der Waals surface area contributed by atoms with E-state index in [4.69, 9.17) is 0 Å². The lowest BCUT2D eigenvalue weighted by atomic mass is 9.89. The Morgan fingerprint density at radius 2 is 2.19 bits per heavy atom. The molecule has 27 heavy (non-hydrogen) atoms. The predicted molar refractivity (Wildman–Crippen MR) is 112 cm³/mol. The van der Waals surface area contributed by atoms with Crippen LogP contribution in [0, 0.1) is 5.92 Å². The summed E-state index contributed by atoms with van der Waals surface area (Å²) >= 11 is 3.06. The average Bonchev–Trinajstić information content (AvgIpc) is 3.00. The van der Waals surface area contributed by atoms with E-state index in [2.05, 4.69) is 22.2 Å². The molecule has 5 nitrogen and oxygen atoms in total. The summed E-state index contributed by atoms with van der Waals surface area (Å²) in [5.41, 5.74) is 1.93. The van der Waals surface area contributed by atoms with Gasteiger partial charge in [-0.05, 0) is 42.9 Å². The van der Waals surface area contributed by atoms with E-state index in [1.165, 1.54) is 22.2 Å². The number of aryl methyl sites for hydroxylation is 1. The Kier molecular flexibility index (Phi) is 5.31. The topological polar surface area (TPSA) is 74.8 Å². The van der Waals surface area contributed by atoms with Crippen LogP contribution >= 0.6 is 23.1 Å². The molecule has 0 saturated heterocycles. The first-order chi connectivity index (χ1) is 13.1. The normalized spacial score (nSPS) is 16.3. The van der Waals surface area contributed by atoms with Crippen LogP contribution in [0.5, 0.6) is 0 Å². The zero-order valence-corrected chi connectivity index (χ0v) is 16.7. The maximum atomic E-state index is 12.6. The van der Waals surface area contributed by atoms with Gasteiger partial charge in [-0.2, -0.15) is 0 Å². The lowest BCUT2D eigenvalue weighted by Crippen LogP contribution is -2.14. The van der Waals surface area contributed by atoms with Crippen LogP contribution in [0.1, 0.15) is 30.2 Å². The second-order valence-electron chi connectivity index (χ2n) is 6.92. The smallest absolute Gasteiger partial charge is 0.260 e. The van der Waals surface area contributed by atoms with Gasteiger partial charge in [0, 0.05) is 22.7 Å². The van der Waals surface area contributed by atoms with Gasteiger partial charge in [-0.1, -0.05) is 36.9 Å². The summed E-state index contributed by atoms with van der Waals surface area (Å²) in [5.74, 6) is 1.19. The van der Waals surface area contributed by atoms with Crippen LogP contribution in [0.25, 0.3) is 10.2 Å². The molecule has 1 aromatic carbocycles. The molecule has 1 aliphatic carbocycles. The molecule has 0 bridgehead atoms. The lowest BCUT2D eigenvalue weighted by Gasteiger charge is -2.17. The molecule has 0 aliphatic heterocycles. The Balaban J connectivity index is 1.42. The number of nitrogens with one attached hydrogen (secondary N) is 2. The van der Waals surface area contributed by atoms with Crippen molar-refractivity contribution in [2.45, 2.75) is 37.8 Å². The number of aromatic amines is 1. The van der Waals surface area contributed by atoms with Gasteiger partial charge in [0.15, 0.2) is 5.16 Å². The van der Waals surface area contributed by atoms with Crippen molar-refractivity contribution in [3.63, 3.8) is 0 Å². The molecule has 7 heteroatoms. The standard InChI is InChI=1S/C20H21N3O2S2/c1-12-7-8-14-15(11-12)27-19-17(14)18(25)22-20(23-19)26-10-9-16(24)21-13-5-3-2-4-6-13/h2-6,12H,7-11H2,1H3,(H,21,24)(H,22,23,25)/t12-/m0/s1. The van der Waals surface area contributed by atoms with Crippen molar-refractivity contribution in [1.82, 2.24) is 9.97 Å². The number of benzene rings is 1. The molecule has 140 valence electrons. The highest BCUT2D eigenvalue weighted by atomic mass is 32.2. The first-order valence-electron chi connectivity index (χ1n) is 9.12. The van der Waals surface area contributed by atoms with Gasteiger partial charge >= 0.3 is 0 Å². The number of amides is 1. The minimum absolute atomic E-state index is 0.0438. The maximum Gasteiger partial charge on any atom is 0.260 e. The third-order valence-electron chi connectivity index (χ3n) is 4.77. The highest BCUT2D eigenvalue weighted by Gasteiger charge is 2.23. The molecular weight excluding hydrogens is 378 g/mol. The van der Waals surface area contributed by atoms with Crippen molar-refractivity contribution in [3.8, 4) is 0 Å². The van der Waals surface area contributed by atoms with Crippen LogP contribution in [-0.4, -0.2) is 21.6 Å². The van der Waals surface area contributed by atoms with E-state index >= 15 is 0 Å². The number of anilines is 1. The summed E-state index contributed by atoms with van der Waals surface area (Å²) in [6.07, 6.45) is 3.50. The molecule has 1 atom stereocenters. The lowest BCUT2D eigenvalue weighted by molar-refractivity contribution is -0.115. The van der Waals surface area contributed by atoms with Crippen LogP contribution in [-0.2, 0) is 17.6 Å². The number of carbonyl (C=O) groups is 1. The highest BCUT2D eigenvalue weighted by molar-refractivity contribution is 7.99. The van der Waals surface area contributed by atoms with Crippen molar-refractivity contribution in [2.75, 3.05) is 11.1 Å². The second-order valence-corrected chi connectivity index (χ2v) is 9.08. The SMILES string of the molecule is C[C@H]1CCc2c(sc3nc(SCCC(=O)Nc4ccccc4)[nH]c(=O)c23)C1. The number of thiophene rings is 1. The van der Waals surface area contributed by atoms with Crippen molar-refractivity contribution >= 4 is 44.9 Å². The van der Waals surface area contributed by atoms with E-state index < -0.39 is 0 Å². The van der Waals surface area contributed by atoms with Crippen molar-refractivity contribution in [3.05, 3.63) is 51.1 Å². The van der Waals surface area contributed by atoms with Crippen LogP contribution in [0.15, 0.2) is 40.3 Å². The monoisotopic (exact) mass is 399 g/mol. The fourth-order valence-electron chi connectivity index (χ4n) is 3.38. The van der Waals surface area contributed by atoms with E-state index in [1.807, 2.05) is 30.3 Å². The Morgan fingerprint density at radius 1 is 1.37 bits per heavy atom. The van der Waals surface area contributed by atoms with E-state index in [1.54, 1.807) is 11.3 Å². The molecule has 0 saturated carbocycles. The van der Waals surface area contributed by atoms with E-state index in [-0.39, 0.29) is 11.5 Å². The van der Waals surface area contributed by atoms with Crippen molar-refractivity contribution in [1.29, 1.82) is 0 Å². The van der Waals surface area contributed by atoms with Gasteiger partial charge in [-0.25, -0.2) is 4.98 Å². The quantitative estimate of drug-likeness (QED) is 0.497. The number of hydrogen-bond donors (Lipinski definition) is 2. The Morgan fingerprint density at radius 3 is 3.00 bits per heavy atom. The number of hydrogen-bond acceptors (Lipinski definition) is 5. The maximum absolute atomic E-state index is 12.6. The number of carbonyl (C=O) groups excluding carboxylic acids is 1. The number of fused-ring (bicyclic) bond motifs is 3. The van der Waals surface area contributed by atoms with Crippen molar-refractivity contribution < 1.29 is 4.79 Å². The molecule has 0 unspecified atom stereocenters. The number of rotatable bonds is 5. The summed E-state index contributed by atoms with van der Waals surface area (Å²) in [4.78, 5) is 34.3. The van der Waals surface area contributed by atoms with Gasteiger partial charge in [0.2, 0.25) is 5.91 Å². The zero-order valence-electron chi connectivity index (χ0n) is 15.1. The number of para-hydroxylation sites is 1. The first-order valence-corrected chi connectivity index (χ1v) is 10.9. The molecule has 1 amide bonds. The summed E-state index contributed by atoms with van der Waals surface area (Å²) < 4.78 is 0. The molecular formula is C20H21N3O2S2. The Labute approximate surface area is 165 Å². The van der Waals surface area contributed by atoms with E-state index in [0.717, 1.165) is 35.2 Å². The second kappa shape index (κ2) is 7.86.